The van der Waals surface area contributed by atoms with Crippen molar-refractivity contribution in [3.63, 3.8) is 0 Å². The van der Waals surface area contributed by atoms with E-state index in [0.29, 0.717) is 23.1 Å². The van der Waals surface area contributed by atoms with Gasteiger partial charge in [0.25, 0.3) is 0 Å². The van der Waals surface area contributed by atoms with Crippen molar-refractivity contribution >= 4 is 29.1 Å². The SMILES string of the molecule is CCN(CCO)C(=O)Cc1ccc(Cl)c(Cl)c1. The number of carbonyl (C=O) groups excluding carboxylic acids is 1. The lowest BCUT2D eigenvalue weighted by atomic mass is 10.1. The monoisotopic (exact) mass is 275 g/mol. The Morgan fingerprint density at radius 2 is 2.06 bits per heavy atom. The van der Waals surface area contributed by atoms with E-state index in [1.54, 1.807) is 23.1 Å². The van der Waals surface area contributed by atoms with Gasteiger partial charge in [0.1, 0.15) is 0 Å². The molecule has 0 heterocycles. The summed E-state index contributed by atoms with van der Waals surface area (Å²) in [5.41, 5.74) is 0.820. The molecule has 94 valence electrons. The van der Waals surface area contributed by atoms with Crippen molar-refractivity contribution in [1.29, 1.82) is 0 Å². The van der Waals surface area contributed by atoms with Gasteiger partial charge < -0.3 is 10.0 Å². The predicted molar refractivity (Wildman–Crippen MR) is 69.5 cm³/mol. The molecule has 0 aliphatic carbocycles. The average Bonchev–Trinajstić information content (AvgIpc) is 2.30. The molecule has 1 rings (SSSR count). The van der Waals surface area contributed by atoms with Gasteiger partial charge in [-0.15, -0.1) is 0 Å². The number of benzene rings is 1. The van der Waals surface area contributed by atoms with E-state index >= 15 is 0 Å². The second-order valence-electron chi connectivity index (χ2n) is 3.62. The summed E-state index contributed by atoms with van der Waals surface area (Å²) in [4.78, 5) is 13.5. The molecule has 0 saturated carbocycles. The van der Waals surface area contributed by atoms with Crippen molar-refractivity contribution in [1.82, 2.24) is 4.90 Å². The number of amides is 1. The molecule has 5 heteroatoms. The van der Waals surface area contributed by atoms with E-state index in [1.165, 1.54) is 0 Å². The molecule has 0 radical (unpaired) electrons. The highest BCUT2D eigenvalue weighted by molar-refractivity contribution is 6.42. The van der Waals surface area contributed by atoms with Crippen LogP contribution in [-0.2, 0) is 11.2 Å². The lowest BCUT2D eigenvalue weighted by molar-refractivity contribution is -0.130. The Bertz CT molecular complexity index is 396. The number of rotatable bonds is 5. The van der Waals surface area contributed by atoms with Gasteiger partial charge in [0.05, 0.1) is 23.1 Å². The van der Waals surface area contributed by atoms with Crippen molar-refractivity contribution in [2.24, 2.45) is 0 Å². The molecule has 0 aromatic heterocycles. The highest BCUT2D eigenvalue weighted by Crippen LogP contribution is 2.22. The van der Waals surface area contributed by atoms with Crippen LogP contribution in [0.2, 0.25) is 10.0 Å². The van der Waals surface area contributed by atoms with Crippen molar-refractivity contribution in [2.45, 2.75) is 13.3 Å². The van der Waals surface area contributed by atoms with Gasteiger partial charge >= 0.3 is 0 Å². The minimum absolute atomic E-state index is 0.0268. The highest BCUT2D eigenvalue weighted by atomic mass is 35.5. The molecule has 17 heavy (non-hydrogen) atoms. The molecule has 3 nitrogen and oxygen atoms in total. The summed E-state index contributed by atoms with van der Waals surface area (Å²) < 4.78 is 0. The molecule has 0 spiro atoms. The summed E-state index contributed by atoms with van der Waals surface area (Å²) in [5.74, 6) is -0.0278. The number of aliphatic hydroxyl groups is 1. The van der Waals surface area contributed by atoms with E-state index in [1.807, 2.05) is 6.92 Å². The van der Waals surface area contributed by atoms with Crippen LogP contribution < -0.4 is 0 Å². The minimum atomic E-state index is -0.0278. The number of likely N-dealkylation sites (N-methyl/N-ethyl adjacent to an activating group) is 1. The Hall–Kier alpha value is -0.770. The van der Waals surface area contributed by atoms with Crippen LogP contribution in [0.1, 0.15) is 12.5 Å². The maximum Gasteiger partial charge on any atom is 0.227 e. The zero-order valence-electron chi connectivity index (χ0n) is 9.62. The molecule has 0 saturated heterocycles. The maximum atomic E-state index is 11.9. The second kappa shape index (κ2) is 6.84. The molecule has 1 aromatic carbocycles. The maximum absolute atomic E-state index is 11.9. The quantitative estimate of drug-likeness (QED) is 0.897. The first-order valence-corrected chi connectivity index (χ1v) is 6.16. The Kier molecular flexibility index (Phi) is 5.75. The number of aliphatic hydroxyl groups excluding tert-OH is 1. The van der Waals surface area contributed by atoms with Crippen LogP contribution in [0, 0.1) is 0 Å². The van der Waals surface area contributed by atoms with Crippen LogP contribution in [0.4, 0.5) is 0 Å². The highest BCUT2D eigenvalue weighted by Gasteiger charge is 2.12. The van der Waals surface area contributed by atoms with Gasteiger partial charge in [0, 0.05) is 13.1 Å². The van der Waals surface area contributed by atoms with Gasteiger partial charge in [-0.1, -0.05) is 29.3 Å². The Morgan fingerprint density at radius 3 is 2.59 bits per heavy atom. The normalized spacial score (nSPS) is 10.4. The number of halogens is 2. The summed E-state index contributed by atoms with van der Waals surface area (Å²) in [6, 6.07) is 5.14. The number of carbonyl (C=O) groups is 1. The molecule has 0 bridgehead atoms. The fraction of sp³-hybridized carbons (Fsp3) is 0.417. The number of hydrogen-bond acceptors (Lipinski definition) is 2. The summed E-state index contributed by atoms with van der Waals surface area (Å²) in [6.45, 7) is 2.79. The van der Waals surface area contributed by atoms with Crippen molar-refractivity contribution < 1.29 is 9.90 Å². The lowest BCUT2D eigenvalue weighted by Crippen LogP contribution is -2.34. The second-order valence-corrected chi connectivity index (χ2v) is 4.44. The van der Waals surface area contributed by atoms with Crippen molar-refractivity contribution in [2.75, 3.05) is 19.7 Å². The van der Waals surface area contributed by atoms with Gasteiger partial charge in [-0.3, -0.25) is 4.79 Å². The van der Waals surface area contributed by atoms with Crippen LogP contribution in [0.3, 0.4) is 0 Å². The minimum Gasteiger partial charge on any atom is -0.395 e. The molecule has 0 aliphatic heterocycles. The van der Waals surface area contributed by atoms with Gasteiger partial charge in [-0.25, -0.2) is 0 Å². The first-order chi connectivity index (χ1) is 8.08. The van der Waals surface area contributed by atoms with Crippen LogP contribution in [0.15, 0.2) is 18.2 Å². The zero-order chi connectivity index (χ0) is 12.8. The molecule has 0 atom stereocenters. The fourth-order valence-electron chi connectivity index (χ4n) is 1.52. The summed E-state index contributed by atoms with van der Waals surface area (Å²) in [5, 5.41) is 9.75. The third kappa shape index (κ3) is 4.19. The van der Waals surface area contributed by atoms with Crippen molar-refractivity contribution in [3.05, 3.63) is 33.8 Å². The lowest BCUT2D eigenvalue weighted by Gasteiger charge is -2.19. The van der Waals surface area contributed by atoms with Gasteiger partial charge in [0.2, 0.25) is 5.91 Å². The predicted octanol–water partition coefficient (Wildman–Crippen LogP) is 2.38. The number of nitrogens with zero attached hydrogens (tertiary/aromatic N) is 1. The van der Waals surface area contributed by atoms with Gasteiger partial charge in [-0.05, 0) is 24.6 Å². The van der Waals surface area contributed by atoms with Gasteiger partial charge in [0.15, 0.2) is 0 Å². The average molecular weight is 276 g/mol. The molecular weight excluding hydrogens is 261 g/mol. The summed E-state index contributed by atoms with van der Waals surface area (Å²) >= 11 is 11.7. The molecule has 1 amide bonds. The van der Waals surface area contributed by atoms with Gasteiger partial charge in [-0.2, -0.15) is 0 Å². The largest absolute Gasteiger partial charge is 0.395 e. The van der Waals surface area contributed by atoms with Crippen LogP contribution in [-0.4, -0.2) is 35.6 Å². The van der Waals surface area contributed by atoms with E-state index in [0.717, 1.165) is 5.56 Å². The number of hydrogen-bond donors (Lipinski definition) is 1. The van der Waals surface area contributed by atoms with Crippen LogP contribution >= 0.6 is 23.2 Å². The fourth-order valence-corrected chi connectivity index (χ4v) is 1.84. The third-order valence-electron chi connectivity index (χ3n) is 2.44. The van der Waals surface area contributed by atoms with E-state index in [2.05, 4.69) is 0 Å². The first kappa shape index (κ1) is 14.3. The Balaban J connectivity index is 2.69. The zero-order valence-corrected chi connectivity index (χ0v) is 11.1. The Morgan fingerprint density at radius 1 is 1.35 bits per heavy atom. The molecular formula is C12H15Cl2NO2. The molecule has 0 unspecified atom stereocenters. The van der Waals surface area contributed by atoms with E-state index in [9.17, 15) is 4.79 Å². The molecule has 1 N–H and O–H groups in total. The first-order valence-electron chi connectivity index (χ1n) is 5.41. The smallest absolute Gasteiger partial charge is 0.227 e. The summed E-state index contributed by atoms with van der Waals surface area (Å²) in [6.07, 6.45) is 0.269. The third-order valence-corrected chi connectivity index (χ3v) is 3.18. The molecule has 0 fully saturated rings. The summed E-state index contributed by atoms with van der Waals surface area (Å²) in [7, 11) is 0. The van der Waals surface area contributed by atoms with E-state index in [4.69, 9.17) is 28.3 Å². The molecule has 0 aliphatic rings. The van der Waals surface area contributed by atoms with Crippen LogP contribution in [0.25, 0.3) is 0 Å². The standard InChI is InChI=1S/C12H15Cl2NO2/c1-2-15(5-6-16)12(17)8-9-3-4-10(13)11(14)7-9/h3-4,7,16H,2,5-6,8H2,1H3. The van der Waals surface area contributed by atoms with E-state index < -0.39 is 0 Å². The van der Waals surface area contributed by atoms with Crippen LogP contribution in [0.5, 0.6) is 0 Å². The molecule has 1 aromatic rings. The van der Waals surface area contributed by atoms with E-state index in [-0.39, 0.29) is 18.9 Å². The van der Waals surface area contributed by atoms with Crippen molar-refractivity contribution in [3.8, 4) is 0 Å². The Labute approximate surface area is 111 Å². The topological polar surface area (TPSA) is 40.5 Å².